The van der Waals surface area contributed by atoms with Crippen LogP contribution in [0.2, 0.25) is 0 Å². The Hall–Kier alpha value is -0.850. The third kappa shape index (κ3) is 6.71. The molecule has 1 N–H and O–H groups in total. The summed E-state index contributed by atoms with van der Waals surface area (Å²) in [6.45, 7) is 3.85. The van der Waals surface area contributed by atoms with Crippen LogP contribution in [-0.2, 0) is 9.53 Å². The Bertz CT molecular complexity index is 430. The second-order valence-corrected chi connectivity index (χ2v) is 7.59. The van der Waals surface area contributed by atoms with E-state index in [0.717, 1.165) is 0 Å². The number of carbonyl (C=O) groups is 1. The summed E-state index contributed by atoms with van der Waals surface area (Å²) in [4.78, 5) is 10.9. The van der Waals surface area contributed by atoms with E-state index in [1.807, 2.05) is 13.8 Å². The van der Waals surface area contributed by atoms with Gasteiger partial charge in [-0.15, -0.1) is 0 Å². The SMILES string of the molecule is CCC(O)(CC)C1CCC(F)(F)CC1.COC(=O)C1CCC(F)(F)CC1. The van der Waals surface area contributed by atoms with Crippen LogP contribution in [0.1, 0.15) is 78.1 Å². The molecule has 2 aliphatic rings. The first-order valence-electron chi connectivity index (χ1n) is 9.54. The van der Waals surface area contributed by atoms with Crippen LogP contribution in [0.25, 0.3) is 0 Å². The number of hydrogen-bond donors (Lipinski definition) is 1. The van der Waals surface area contributed by atoms with Gasteiger partial charge >= 0.3 is 5.97 Å². The highest BCUT2D eigenvalue weighted by molar-refractivity contribution is 5.72. The summed E-state index contributed by atoms with van der Waals surface area (Å²) in [5.41, 5.74) is -0.712. The second kappa shape index (κ2) is 9.38. The lowest BCUT2D eigenvalue weighted by molar-refractivity contribution is -0.149. The lowest BCUT2D eigenvalue weighted by Gasteiger charge is -2.39. The number of hydrogen-bond acceptors (Lipinski definition) is 3. The first-order chi connectivity index (χ1) is 12.0. The molecule has 0 aromatic rings. The van der Waals surface area contributed by atoms with E-state index >= 15 is 0 Å². The molecule has 7 heteroatoms. The predicted molar refractivity (Wildman–Crippen MR) is 91.4 cm³/mol. The number of ether oxygens (including phenoxy) is 1. The number of carbonyl (C=O) groups excluding carboxylic acids is 1. The topological polar surface area (TPSA) is 46.5 Å². The van der Waals surface area contributed by atoms with Crippen molar-refractivity contribution in [1.29, 1.82) is 0 Å². The summed E-state index contributed by atoms with van der Waals surface area (Å²) in [6.07, 6.45) is 2.27. The van der Waals surface area contributed by atoms with Crippen molar-refractivity contribution in [2.24, 2.45) is 11.8 Å². The van der Waals surface area contributed by atoms with Gasteiger partial charge in [-0.3, -0.25) is 4.79 Å². The zero-order valence-corrected chi connectivity index (χ0v) is 16.0. The summed E-state index contributed by atoms with van der Waals surface area (Å²) in [6, 6.07) is 0. The molecule has 2 aliphatic carbocycles. The van der Waals surface area contributed by atoms with E-state index in [9.17, 15) is 27.5 Å². The van der Waals surface area contributed by atoms with Crippen molar-refractivity contribution in [3.63, 3.8) is 0 Å². The minimum Gasteiger partial charge on any atom is -0.469 e. The van der Waals surface area contributed by atoms with Crippen LogP contribution in [0.3, 0.4) is 0 Å². The van der Waals surface area contributed by atoms with Crippen LogP contribution in [0.5, 0.6) is 0 Å². The van der Waals surface area contributed by atoms with Gasteiger partial charge in [-0.25, -0.2) is 17.6 Å². The van der Waals surface area contributed by atoms with E-state index in [1.165, 1.54) is 7.11 Å². The van der Waals surface area contributed by atoms with Crippen LogP contribution in [0.4, 0.5) is 17.6 Å². The molecule has 0 unspecified atom stereocenters. The van der Waals surface area contributed by atoms with Crippen molar-refractivity contribution in [3.8, 4) is 0 Å². The summed E-state index contributed by atoms with van der Waals surface area (Å²) in [7, 11) is 1.29. The number of alkyl halides is 4. The van der Waals surface area contributed by atoms with Gasteiger partial charge in [0, 0.05) is 25.7 Å². The molecule has 2 fully saturated rings. The van der Waals surface area contributed by atoms with E-state index in [1.54, 1.807) is 0 Å². The fourth-order valence-electron chi connectivity index (χ4n) is 3.85. The van der Waals surface area contributed by atoms with Crippen LogP contribution < -0.4 is 0 Å². The van der Waals surface area contributed by atoms with E-state index in [4.69, 9.17) is 0 Å². The fraction of sp³-hybridized carbons (Fsp3) is 0.947. The number of aliphatic hydroxyl groups is 1. The van der Waals surface area contributed by atoms with Gasteiger partial charge in [0.2, 0.25) is 11.8 Å². The van der Waals surface area contributed by atoms with Gasteiger partial charge < -0.3 is 9.84 Å². The molecule has 2 rings (SSSR count). The molecule has 3 nitrogen and oxygen atoms in total. The first kappa shape index (κ1) is 23.2. The maximum Gasteiger partial charge on any atom is 0.308 e. The van der Waals surface area contributed by atoms with Gasteiger partial charge in [-0.1, -0.05) is 13.8 Å². The highest BCUT2D eigenvalue weighted by atomic mass is 19.3. The molecule has 0 bridgehead atoms. The van der Waals surface area contributed by atoms with Gasteiger partial charge in [0.15, 0.2) is 0 Å². The smallest absolute Gasteiger partial charge is 0.308 e. The third-order valence-corrected chi connectivity index (χ3v) is 5.95. The molecule has 2 saturated carbocycles. The Morgan fingerprint density at radius 2 is 1.35 bits per heavy atom. The minimum atomic E-state index is -2.56. The predicted octanol–water partition coefficient (Wildman–Crippen LogP) is 5.35. The van der Waals surface area contributed by atoms with Crippen molar-refractivity contribution in [2.75, 3.05) is 7.11 Å². The largest absolute Gasteiger partial charge is 0.469 e. The highest BCUT2D eigenvalue weighted by Gasteiger charge is 2.42. The molecule has 0 amide bonds. The molecule has 0 aromatic heterocycles. The second-order valence-electron chi connectivity index (χ2n) is 7.59. The van der Waals surface area contributed by atoms with Crippen molar-refractivity contribution < 1.29 is 32.2 Å². The van der Waals surface area contributed by atoms with Gasteiger partial charge in [-0.05, 0) is 44.4 Å². The maximum absolute atomic E-state index is 12.9. The van der Waals surface area contributed by atoms with E-state index in [-0.39, 0.29) is 56.3 Å². The minimum absolute atomic E-state index is 0.0556. The van der Waals surface area contributed by atoms with Crippen LogP contribution in [0.15, 0.2) is 0 Å². The third-order valence-electron chi connectivity index (χ3n) is 5.95. The molecule has 0 aromatic carbocycles. The summed E-state index contributed by atoms with van der Waals surface area (Å²) < 4.78 is 55.4. The monoisotopic (exact) mass is 384 g/mol. The van der Waals surface area contributed by atoms with Gasteiger partial charge in [-0.2, -0.15) is 0 Å². The highest BCUT2D eigenvalue weighted by Crippen LogP contribution is 2.42. The summed E-state index contributed by atoms with van der Waals surface area (Å²) in [5, 5.41) is 10.2. The quantitative estimate of drug-likeness (QED) is 0.525. The van der Waals surface area contributed by atoms with E-state index < -0.39 is 17.4 Å². The zero-order valence-electron chi connectivity index (χ0n) is 16.0. The molecular weight excluding hydrogens is 352 g/mol. The molecule has 0 heterocycles. The summed E-state index contributed by atoms with van der Waals surface area (Å²) in [5.74, 6) is -5.65. The fourth-order valence-corrected chi connectivity index (χ4v) is 3.85. The lowest BCUT2D eigenvalue weighted by atomic mass is 9.73. The van der Waals surface area contributed by atoms with Crippen LogP contribution >= 0.6 is 0 Å². The van der Waals surface area contributed by atoms with Crippen molar-refractivity contribution in [3.05, 3.63) is 0 Å². The van der Waals surface area contributed by atoms with Crippen LogP contribution in [0, 0.1) is 11.8 Å². The van der Waals surface area contributed by atoms with Gasteiger partial charge in [0.25, 0.3) is 0 Å². The Morgan fingerprint density at radius 1 is 0.962 bits per heavy atom. The van der Waals surface area contributed by atoms with E-state index in [0.29, 0.717) is 25.7 Å². The Labute approximate surface area is 153 Å². The Balaban J connectivity index is 0.000000263. The molecule has 0 aliphatic heterocycles. The molecular formula is C19H32F4O3. The molecule has 0 saturated heterocycles. The Kier molecular flexibility index (Phi) is 8.36. The average molecular weight is 384 g/mol. The maximum atomic E-state index is 12.9. The molecule has 0 spiro atoms. The zero-order chi connectivity index (χ0) is 20.0. The number of rotatable bonds is 4. The molecule has 0 atom stereocenters. The lowest BCUT2D eigenvalue weighted by Crippen LogP contribution is -2.40. The van der Waals surface area contributed by atoms with Crippen molar-refractivity contribution in [2.45, 2.75) is 95.5 Å². The van der Waals surface area contributed by atoms with Gasteiger partial charge in [0.1, 0.15) is 0 Å². The molecule has 26 heavy (non-hydrogen) atoms. The molecule has 0 radical (unpaired) electrons. The number of methoxy groups -OCH3 is 1. The normalized spacial score (nSPS) is 23.7. The van der Waals surface area contributed by atoms with Crippen molar-refractivity contribution >= 4 is 5.97 Å². The number of halogens is 4. The van der Waals surface area contributed by atoms with Crippen LogP contribution in [-0.4, -0.2) is 35.6 Å². The average Bonchev–Trinajstić information content (AvgIpc) is 2.61. The summed E-state index contributed by atoms with van der Waals surface area (Å²) >= 11 is 0. The number of esters is 1. The first-order valence-corrected chi connectivity index (χ1v) is 9.54. The standard InChI is InChI=1S/C11H20F2O.C8H12F2O2/c1-3-10(14,4-2)9-5-7-11(12,13)8-6-9;1-12-7(11)6-2-4-8(9,10)5-3-6/h9,14H,3-8H2,1-2H3;6H,2-5H2,1H3. The Morgan fingerprint density at radius 3 is 1.69 bits per heavy atom. The van der Waals surface area contributed by atoms with Crippen molar-refractivity contribution in [1.82, 2.24) is 0 Å². The van der Waals surface area contributed by atoms with E-state index in [2.05, 4.69) is 4.74 Å². The molecule has 154 valence electrons. The van der Waals surface area contributed by atoms with Gasteiger partial charge in [0.05, 0.1) is 18.6 Å².